The minimum Gasteiger partial charge on any atom is -0.459 e. The second-order valence-corrected chi connectivity index (χ2v) is 15.0. The second kappa shape index (κ2) is 6.69. The standard InChI is InChI=1S/C30H46O4/c1-18(16-20(31)24-26(4,5)34-24)19-10-12-28(7)22-9-8-21-25(2,3)33-23(32)11-13-29(21)17-30(22,29)15-14-27(19,28)6/h18-19,21-22,24H,8-17H2,1-7H3/t18-,19-,21+,22+,24+,27-,28+,29-,30+/m1/s1. The molecular formula is C30H46O4. The van der Waals surface area contributed by atoms with Crippen molar-refractivity contribution in [2.24, 2.45) is 45.3 Å². The molecule has 0 aromatic carbocycles. The van der Waals surface area contributed by atoms with E-state index in [1.807, 2.05) is 13.8 Å². The van der Waals surface area contributed by atoms with E-state index in [1.54, 1.807) is 0 Å². The van der Waals surface area contributed by atoms with Crippen molar-refractivity contribution in [3.8, 4) is 0 Å². The van der Waals surface area contributed by atoms with Crippen molar-refractivity contribution >= 4 is 11.8 Å². The Bertz CT molecular complexity index is 936. The number of fused-ring (bicyclic) bond motifs is 2. The number of hydrogen-bond donors (Lipinski definition) is 0. The molecular weight excluding hydrogens is 424 g/mol. The van der Waals surface area contributed by atoms with Crippen LogP contribution in [-0.2, 0) is 19.1 Å². The Morgan fingerprint density at radius 2 is 1.53 bits per heavy atom. The molecule has 0 amide bonds. The maximum Gasteiger partial charge on any atom is 0.306 e. The third-order valence-corrected chi connectivity index (χ3v) is 13.0. The molecule has 4 heteroatoms. The minimum absolute atomic E-state index is 0.0153. The number of Topliss-reactive ketones (excluding diaryl/α,β-unsaturated/α-hetero) is 1. The molecule has 6 fully saturated rings. The minimum atomic E-state index is -0.338. The Balaban J connectivity index is 1.26. The van der Waals surface area contributed by atoms with E-state index in [2.05, 4.69) is 34.6 Å². The van der Waals surface area contributed by atoms with Crippen molar-refractivity contribution in [2.75, 3.05) is 0 Å². The van der Waals surface area contributed by atoms with Crippen LogP contribution in [0.2, 0.25) is 0 Å². The lowest BCUT2D eigenvalue weighted by Crippen LogP contribution is -2.56. The Hall–Kier alpha value is -0.900. The Morgan fingerprint density at radius 1 is 0.882 bits per heavy atom. The van der Waals surface area contributed by atoms with Gasteiger partial charge >= 0.3 is 5.97 Å². The van der Waals surface area contributed by atoms with Crippen molar-refractivity contribution < 1.29 is 19.1 Å². The van der Waals surface area contributed by atoms with Crippen LogP contribution in [0.5, 0.6) is 0 Å². The van der Waals surface area contributed by atoms with Gasteiger partial charge in [-0.2, -0.15) is 0 Å². The molecule has 2 spiro atoms. The molecule has 0 unspecified atom stereocenters. The van der Waals surface area contributed by atoms with Gasteiger partial charge in [0.1, 0.15) is 11.7 Å². The number of esters is 1. The van der Waals surface area contributed by atoms with E-state index in [9.17, 15) is 9.59 Å². The normalized spacial score (nSPS) is 52.7. The number of epoxide rings is 1. The number of rotatable bonds is 4. The molecule has 4 saturated carbocycles. The van der Waals surface area contributed by atoms with Crippen LogP contribution in [0.25, 0.3) is 0 Å². The fourth-order valence-corrected chi connectivity index (χ4v) is 11.3. The molecule has 190 valence electrons. The van der Waals surface area contributed by atoms with Crippen molar-refractivity contribution in [2.45, 2.75) is 130 Å². The van der Waals surface area contributed by atoms with Crippen LogP contribution in [-0.4, -0.2) is 29.1 Å². The number of cyclic esters (lactones) is 1. The topological polar surface area (TPSA) is 55.9 Å². The van der Waals surface area contributed by atoms with Crippen LogP contribution < -0.4 is 0 Å². The molecule has 34 heavy (non-hydrogen) atoms. The summed E-state index contributed by atoms with van der Waals surface area (Å²) in [5, 5.41) is 0. The molecule has 4 aliphatic carbocycles. The van der Waals surface area contributed by atoms with Crippen molar-refractivity contribution in [1.82, 2.24) is 0 Å². The molecule has 0 aromatic heterocycles. The molecule has 0 bridgehead atoms. The van der Waals surface area contributed by atoms with Crippen LogP contribution >= 0.6 is 0 Å². The van der Waals surface area contributed by atoms with Crippen LogP contribution in [0.4, 0.5) is 0 Å². The molecule has 0 N–H and O–H groups in total. The van der Waals surface area contributed by atoms with Gasteiger partial charge in [-0.25, -0.2) is 0 Å². The zero-order valence-electron chi connectivity index (χ0n) is 22.6. The third kappa shape index (κ3) is 2.76. The van der Waals surface area contributed by atoms with Crippen LogP contribution in [0.3, 0.4) is 0 Å². The van der Waals surface area contributed by atoms with E-state index < -0.39 is 0 Å². The molecule has 0 aromatic rings. The monoisotopic (exact) mass is 470 g/mol. The van der Waals surface area contributed by atoms with Crippen molar-refractivity contribution in [1.29, 1.82) is 0 Å². The van der Waals surface area contributed by atoms with Gasteiger partial charge in [-0.05, 0) is 118 Å². The third-order valence-electron chi connectivity index (χ3n) is 13.0. The smallest absolute Gasteiger partial charge is 0.306 e. The summed E-state index contributed by atoms with van der Waals surface area (Å²) in [6, 6.07) is 0. The molecule has 6 rings (SSSR count). The highest BCUT2D eigenvalue weighted by atomic mass is 16.6. The number of ether oxygens (including phenoxy) is 2. The maximum atomic E-state index is 12.9. The molecule has 2 heterocycles. The van der Waals surface area contributed by atoms with Gasteiger partial charge < -0.3 is 9.47 Å². The molecule has 4 nitrogen and oxygen atoms in total. The summed E-state index contributed by atoms with van der Waals surface area (Å²) >= 11 is 0. The van der Waals surface area contributed by atoms with Gasteiger partial charge in [-0.15, -0.1) is 0 Å². The van der Waals surface area contributed by atoms with Crippen molar-refractivity contribution in [3.05, 3.63) is 0 Å². The Labute approximate surface area is 206 Å². The summed E-state index contributed by atoms with van der Waals surface area (Å²) in [7, 11) is 0. The lowest BCUT2D eigenvalue weighted by Gasteiger charge is -2.61. The summed E-state index contributed by atoms with van der Waals surface area (Å²) in [5.74, 6) is 2.61. The van der Waals surface area contributed by atoms with Gasteiger partial charge in [-0.3, -0.25) is 9.59 Å². The highest BCUT2D eigenvalue weighted by Crippen LogP contribution is 2.88. The second-order valence-electron chi connectivity index (χ2n) is 15.0. The Morgan fingerprint density at radius 3 is 2.21 bits per heavy atom. The Kier molecular flexibility index (Phi) is 4.63. The highest BCUT2D eigenvalue weighted by Gasteiger charge is 2.81. The van der Waals surface area contributed by atoms with Crippen LogP contribution in [0, 0.1) is 45.3 Å². The molecule has 6 aliphatic rings. The van der Waals surface area contributed by atoms with E-state index in [-0.39, 0.29) is 23.3 Å². The van der Waals surface area contributed by atoms with E-state index in [1.165, 1.54) is 44.9 Å². The largest absolute Gasteiger partial charge is 0.459 e. The first-order chi connectivity index (χ1) is 15.7. The molecule has 0 radical (unpaired) electrons. The number of hydrogen-bond acceptors (Lipinski definition) is 4. The number of carbonyl (C=O) groups is 2. The van der Waals surface area contributed by atoms with E-state index in [0.29, 0.717) is 58.0 Å². The van der Waals surface area contributed by atoms with Gasteiger partial charge in [0.2, 0.25) is 0 Å². The highest BCUT2D eigenvalue weighted by molar-refractivity contribution is 5.86. The van der Waals surface area contributed by atoms with E-state index in [4.69, 9.17) is 9.47 Å². The number of ketones is 1. The first-order valence-electron chi connectivity index (χ1n) is 14.1. The fourth-order valence-electron chi connectivity index (χ4n) is 11.3. The van der Waals surface area contributed by atoms with Gasteiger partial charge in [0.25, 0.3) is 0 Å². The average Bonchev–Trinajstić information content (AvgIpc) is 3.57. The van der Waals surface area contributed by atoms with Gasteiger partial charge in [0.15, 0.2) is 5.78 Å². The fraction of sp³-hybridized carbons (Fsp3) is 0.933. The zero-order chi connectivity index (χ0) is 24.5. The quantitative estimate of drug-likeness (QED) is 0.348. The van der Waals surface area contributed by atoms with Crippen molar-refractivity contribution in [3.63, 3.8) is 0 Å². The SMILES string of the molecule is C[C@H](CC(=O)[C@@H]1OC1(C)C)[C@H]1CC[C@@]2(C)[C@@H]3CC[C@H]4C(C)(C)OC(=O)CC[C@@]45C[C@@]35CC[C@]12C. The maximum absolute atomic E-state index is 12.9. The van der Waals surface area contributed by atoms with Gasteiger partial charge in [-0.1, -0.05) is 20.8 Å². The first-order valence-corrected chi connectivity index (χ1v) is 14.1. The summed E-state index contributed by atoms with van der Waals surface area (Å²) in [6.07, 6.45) is 11.0. The van der Waals surface area contributed by atoms with Gasteiger partial charge in [0.05, 0.1) is 5.60 Å². The van der Waals surface area contributed by atoms with Crippen LogP contribution in [0.15, 0.2) is 0 Å². The molecule has 9 atom stereocenters. The lowest BCUT2D eigenvalue weighted by molar-refractivity contribution is -0.168. The predicted octanol–water partition coefficient (Wildman–Crippen LogP) is 6.49. The molecule has 2 aliphatic heterocycles. The molecule has 2 saturated heterocycles. The first kappa shape index (κ1) is 23.5. The lowest BCUT2D eigenvalue weighted by atomic mass is 9.43. The summed E-state index contributed by atoms with van der Waals surface area (Å²) < 4.78 is 11.7. The summed E-state index contributed by atoms with van der Waals surface area (Å²) in [5.41, 5.74) is 0.762. The number of carbonyl (C=O) groups excluding carboxylic acids is 2. The van der Waals surface area contributed by atoms with Crippen LogP contribution in [0.1, 0.15) is 113 Å². The van der Waals surface area contributed by atoms with E-state index in [0.717, 1.165) is 12.3 Å². The average molecular weight is 471 g/mol. The summed E-state index contributed by atoms with van der Waals surface area (Å²) in [6.45, 7) is 16.0. The van der Waals surface area contributed by atoms with E-state index >= 15 is 0 Å². The van der Waals surface area contributed by atoms with Gasteiger partial charge in [0, 0.05) is 18.8 Å². The zero-order valence-corrected chi connectivity index (χ0v) is 22.6. The predicted molar refractivity (Wildman–Crippen MR) is 131 cm³/mol. The summed E-state index contributed by atoms with van der Waals surface area (Å²) in [4.78, 5) is 25.4.